The molecule has 0 atom stereocenters. The zero-order valence-electron chi connectivity index (χ0n) is 16.0. The topological polar surface area (TPSA) is 115 Å². The molecule has 154 valence electrons. The lowest BCUT2D eigenvalue weighted by Crippen LogP contribution is -2.28. The lowest BCUT2D eigenvalue weighted by Gasteiger charge is -2.14. The zero-order valence-corrected chi connectivity index (χ0v) is 16.8. The molecule has 31 heavy (non-hydrogen) atoms. The summed E-state index contributed by atoms with van der Waals surface area (Å²) < 4.78 is 2.19. The normalized spacial score (nSPS) is 14.3. The minimum Gasteiger partial charge on any atom is -0.305 e. The highest BCUT2D eigenvalue weighted by atomic mass is 32.1. The van der Waals surface area contributed by atoms with Gasteiger partial charge in [0.25, 0.3) is 11.6 Å². The van der Waals surface area contributed by atoms with Gasteiger partial charge in [-0.1, -0.05) is 23.3 Å². The molecule has 0 N–H and O–H groups in total. The Morgan fingerprint density at radius 3 is 2.61 bits per heavy atom. The molecule has 1 aromatic heterocycles. The predicted octanol–water partition coefficient (Wildman–Crippen LogP) is 2.64. The van der Waals surface area contributed by atoms with E-state index in [9.17, 15) is 24.5 Å². The van der Waals surface area contributed by atoms with Crippen molar-refractivity contribution in [1.29, 1.82) is 0 Å². The second-order valence-corrected chi connectivity index (χ2v) is 7.68. The third kappa shape index (κ3) is 3.74. The van der Waals surface area contributed by atoms with E-state index in [1.165, 1.54) is 24.3 Å². The second-order valence-electron chi connectivity index (χ2n) is 6.67. The van der Waals surface area contributed by atoms with Crippen LogP contribution in [0.2, 0.25) is 0 Å². The first kappa shape index (κ1) is 20.2. The van der Waals surface area contributed by atoms with Crippen LogP contribution in [0.3, 0.4) is 0 Å². The van der Waals surface area contributed by atoms with E-state index in [1.807, 2.05) is 0 Å². The number of benzene rings is 2. The summed E-state index contributed by atoms with van der Waals surface area (Å²) in [5.41, 5.74) is 1.06. The third-order valence-electron chi connectivity index (χ3n) is 4.73. The fraction of sp³-hybridized carbons (Fsp3) is 0.143. The largest absolute Gasteiger partial charge is 0.305 e. The van der Waals surface area contributed by atoms with Gasteiger partial charge in [-0.2, -0.15) is 4.99 Å². The van der Waals surface area contributed by atoms with Crippen molar-refractivity contribution in [1.82, 2.24) is 4.57 Å². The number of aromatic nitrogens is 1. The number of imide groups is 1. The molecule has 9 nitrogen and oxygen atoms in total. The summed E-state index contributed by atoms with van der Waals surface area (Å²) in [5, 5.41) is 11.1. The molecule has 1 saturated heterocycles. The molecular formula is C21H14N4O5S. The molecule has 0 aliphatic carbocycles. The Balaban J connectivity index is 1.77. The second kappa shape index (κ2) is 7.97. The van der Waals surface area contributed by atoms with Gasteiger partial charge in [0, 0.05) is 30.5 Å². The van der Waals surface area contributed by atoms with Crippen LogP contribution >= 0.6 is 11.3 Å². The Morgan fingerprint density at radius 1 is 1.19 bits per heavy atom. The molecule has 0 radical (unpaired) electrons. The van der Waals surface area contributed by atoms with Crippen molar-refractivity contribution >= 4 is 50.6 Å². The number of nitrogens with zero attached hydrogens (tertiary/aromatic N) is 4. The van der Waals surface area contributed by atoms with Crippen LogP contribution in [0, 0.1) is 22.5 Å². The molecule has 1 aliphatic heterocycles. The number of nitro benzene ring substituents is 1. The predicted molar refractivity (Wildman–Crippen MR) is 113 cm³/mol. The maximum Gasteiger partial charge on any atom is 0.279 e. The number of rotatable bonds is 4. The minimum absolute atomic E-state index is 0.0767. The van der Waals surface area contributed by atoms with Gasteiger partial charge in [0.15, 0.2) is 4.80 Å². The molecule has 2 aromatic carbocycles. The van der Waals surface area contributed by atoms with Gasteiger partial charge >= 0.3 is 0 Å². The van der Waals surface area contributed by atoms with Crippen LogP contribution in [0.5, 0.6) is 0 Å². The van der Waals surface area contributed by atoms with Gasteiger partial charge < -0.3 is 4.57 Å². The summed E-state index contributed by atoms with van der Waals surface area (Å²) >= 11 is 1.11. The third-order valence-corrected chi connectivity index (χ3v) is 5.77. The van der Waals surface area contributed by atoms with E-state index in [-0.39, 0.29) is 47.3 Å². The number of thiazole rings is 1. The number of hydrogen-bond donors (Lipinski definition) is 0. The van der Waals surface area contributed by atoms with Gasteiger partial charge in [0.05, 0.1) is 27.4 Å². The van der Waals surface area contributed by atoms with E-state index in [4.69, 9.17) is 6.42 Å². The first-order chi connectivity index (χ1) is 14.9. The lowest BCUT2D eigenvalue weighted by molar-refractivity contribution is -0.384. The van der Waals surface area contributed by atoms with Crippen LogP contribution < -0.4 is 9.70 Å². The first-order valence-corrected chi connectivity index (χ1v) is 9.97. The van der Waals surface area contributed by atoms with E-state index in [0.717, 1.165) is 16.2 Å². The van der Waals surface area contributed by atoms with Gasteiger partial charge in [-0.15, -0.1) is 6.42 Å². The number of anilines is 1. The van der Waals surface area contributed by atoms with Gasteiger partial charge in [-0.05, 0) is 24.3 Å². The lowest BCUT2D eigenvalue weighted by atomic mass is 10.2. The molecule has 0 saturated carbocycles. The number of carbonyl (C=O) groups excluding carboxylic acids is 3. The highest BCUT2D eigenvalue weighted by molar-refractivity contribution is 7.16. The number of fused-ring (bicyclic) bond motifs is 1. The molecule has 1 aliphatic rings. The van der Waals surface area contributed by atoms with E-state index < -0.39 is 10.8 Å². The maximum absolute atomic E-state index is 12.8. The van der Waals surface area contributed by atoms with Crippen LogP contribution in [-0.2, 0) is 16.1 Å². The smallest absolute Gasteiger partial charge is 0.279 e. The average Bonchev–Trinajstić information content (AvgIpc) is 3.27. The number of carbonyl (C=O) groups is 3. The number of non-ortho nitro benzene ring substituents is 1. The van der Waals surface area contributed by atoms with Crippen LogP contribution in [0.4, 0.5) is 11.4 Å². The first-order valence-electron chi connectivity index (χ1n) is 9.15. The number of amides is 3. The van der Waals surface area contributed by atoms with Crippen LogP contribution in [0.25, 0.3) is 10.2 Å². The van der Waals surface area contributed by atoms with Gasteiger partial charge in [0.1, 0.15) is 0 Å². The summed E-state index contributed by atoms with van der Waals surface area (Å²) in [4.78, 5) is 52.8. The minimum atomic E-state index is -0.590. The molecule has 0 spiro atoms. The summed E-state index contributed by atoms with van der Waals surface area (Å²) in [6.45, 7) is 0.126. The van der Waals surface area contributed by atoms with Gasteiger partial charge in [0.2, 0.25) is 11.8 Å². The van der Waals surface area contributed by atoms with E-state index in [0.29, 0.717) is 15.9 Å². The summed E-state index contributed by atoms with van der Waals surface area (Å²) in [7, 11) is 0. The van der Waals surface area contributed by atoms with Gasteiger partial charge in [-0.25, -0.2) is 0 Å². The fourth-order valence-electron chi connectivity index (χ4n) is 3.30. The van der Waals surface area contributed by atoms with Crippen molar-refractivity contribution in [2.75, 3.05) is 4.90 Å². The molecule has 10 heteroatoms. The number of hydrogen-bond acceptors (Lipinski definition) is 6. The highest BCUT2D eigenvalue weighted by Crippen LogP contribution is 2.25. The van der Waals surface area contributed by atoms with Crippen molar-refractivity contribution in [2.45, 2.75) is 19.4 Å². The van der Waals surface area contributed by atoms with Gasteiger partial charge in [-0.3, -0.25) is 29.4 Å². The van der Waals surface area contributed by atoms with E-state index in [1.54, 1.807) is 22.8 Å². The quantitative estimate of drug-likeness (QED) is 0.271. The van der Waals surface area contributed by atoms with Crippen molar-refractivity contribution in [3.05, 3.63) is 62.9 Å². The Kier molecular flexibility index (Phi) is 5.19. The monoisotopic (exact) mass is 434 g/mol. The summed E-state index contributed by atoms with van der Waals surface area (Å²) in [6, 6.07) is 10.5. The Bertz CT molecular complexity index is 1360. The summed E-state index contributed by atoms with van der Waals surface area (Å²) in [6.07, 6.45) is 5.73. The van der Waals surface area contributed by atoms with Crippen LogP contribution in [0.1, 0.15) is 23.2 Å². The van der Waals surface area contributed by atoms with Crippen molar-refractivity contribution in [3.8, 4) is 12.3 Å². The Hall–Kier alpha value is -4.10. The number of terminal acetylenes is 1. The van der Waals surface area contributed by atoms with Crippen LogP contribution in [-0.4, -0.2) is 27.2 Å². The van der Waals surface area contributed by atoms with E-state index >= 15 is 0 Å². The molecule has 0 unspecified atom stereocenters. The van der Waals surface area contributed by atoms with Crippen molar-refractivity contribution in [3.63, 3.8) is 0 Å². The zero-order chi connectivity index (χ0) is 22.1. The molecule has 3 amide bonds. The molecule has 1 fully saturated rings. The number of nitro groups is 1. The SMILES string of the molecule is C#CCn1c(=NC(=O)c2cccc(N3C(=O)CCC3=O)c2)sc2cc([N+](=O)[O-])ccc21. The molecule has 4 rings (SSSR count). The standard InChI is InChI=1S/C21H14N4O5S/c1-2-10-23-16-7-6-15(25(29)30)12-17(16)31-21(23)22-20(28)13-4-3-5-14(11-13)24-18(26)8-9-19(24)27/h1,3-7,11-12H,8-10H2. The van der Waals surface area contributed by atoms with E-state index in [2.05, 4.69) is 10.9 Å². The molecular weight excluding hydrogens is 420 g/mol. The highest BCUT2D eigenvalue weighted by Gasteiger charge is 2.30. The molecule has 0 bridgehead atoms. The Morgan fingerprint density at radius 2 is 1.94 bits per heavy atom. The molecule has 2 heterocycles. The van der Waals surface area contributed by atoms with Crippen LogP contribution in [0.15, 0.2) is 47.5 Å². The fourth-order valence-corrected chi connectivity index (χ4v) is 4.36. The Labute approximate surface area is 179 Å². The summed E-state index contributed by atoms with van der Waals surface area (Å²) in [5.74, 6) is 1.27. The van der Waals surface area contributed by atoms with Crippen molar-refractivity contribution < 1.29 is 19.3 Å². The van der Waals surface area contributed by atoms with Crippen molar-refractivity contribution in [2.24, 2.45) is 4.99 Å². The molecule has 3 aromatic rings. The average molecular weight is 434 g/mol. The maximum atomic E-state index is 12.8.